The van der Waals surface area contributed by atoms with Gasteiger partial charge in [-0.25, -0.2) is 14.4 Å². The summed E-state index contributed by atoms with van der Waals surface area (Å²) in [5.74, 6) is -16.3. The molecule has 0 aliphatic rings. The van der Waals surface area contributed by atoms with Gasteiger partial charge in [0.25, 0.3) is 0 Å². The van der Waals surface area contributed by atoms with Crippen molar-refractivity contribution in [3.63, 3.8) is 0 Å². The first-order valence-electron chi connectivity index (χ1n) is 12.4. The molecule has 0 bridgehead atoms. The average molecular weight is 656 g/mol. The minimum atomic E-state index is -3.13. The van der Waals surface area contributed by atoms with Gasteiger partial charge in [0.2, 0.25) is 0 Å². The highest BCUT2D eigenvalue weighted by atomic mass is 16.6. The summed E-state index contributed by atoms with van der Waals surface area (Å²) in [4.78, 5) is 104. The predicted molar refractivity (Wildman–Crippen MR) is 134 cm³/mol. The second kappa shape index (κ2) is 16.3. The van der Waals surface area contributed by atoms with Crippen molar-refractivity contribution in [3.8, 4) is 0 Å². The van der Waals surface area contributed by atoms with Crippen molar-refractivity contribution in [1.82, 2.24) is 0 Å². The molecule has 0 radical (unpaired) electrons. The third kappa shape index (κ3) is 13.1. The number of hydrogen-bond donors (Lipinski definition) is 9. The summed E-state index contributed by atoms with van der Waals surface area (Å²) in [7, 11) is 0. The van der Waals surface area contributed by atoms with Gasteiger partial charge in [-0.1, -0.05) is 6.92 Å². The summed E-state index contributed by atoms with van der Waals surface area (Å²) >= 11 is 0. The lowest BCUT2D eigenvalue weighted by molar-refractivity contribution is -0.179. The molecule has 0 aromatic rings. The summed E-state index contributed by atoms with van der Waals surface area (Å²) < 4.78 is 14.7. The second-order valence-electron chi connectivity index (χ2n) is 10.1. The van der Waals surface area contributed by atoms with Crippen LogP contribution in [-0.4, -0.2) is 136 Å². The van der Waals surface area contributed by atoms with Gasteiger partial charge >= 0.3 is 53.7 Å². The Kier molecular flexibility index (Phi) is 14.5. The molecule has 3 atom stereocenters. The minimum Gasteiger partial charge on any atom is -0.481 e. The van der Waals surface area contributed by atoms with E-state index >= 15 is 0 Å². The Morgan fingerprint density at radius 2 is 0.667 bits per heavy atom. The summed E-state index contributed by atoms with van der Waals surface area (Å²) in [6.07, 6.45) is -8.86. The molecule has 0 aromatic heterocycles. The number of rotatable bonds is 22. The molecule has 0 aromatic carbocycles. The Balaban J connectivity index is 6.07. The number of carbonyl (C=O) groups excluding carboxylic acids is 3. The zero-order valence-electron chi connectivity index (χ0n) is 23.5. The average Bonchev–Trinajstić information content (AvgIpc) is 2.86. The van der Waals surface area contributed by atoms with E-state index in [4.69, 9.17) is 44.8 Å². The second-order valence-corrected chi connectivity index (χ2v) is 10.1. The van der Waals surface area contributed by atoms with Gasteiger partial charge < -0.3 is 60.2 Å². The van der Waals surface area contributed by atoms with E-state index in [-0.39, 0.29) is 6.42 Å². The molecule has 254 valence electrons. The number of carboxylic acid groups (broad SMARTS) is 6. The van der Waals surface area contributed by atoms with Gasteiger partial charge in [0.1, 0.15) is 19.8 Å². The molecule has 0 aliphatic heterocycles. The van der Waals surface area contributed by atoms with Crippen LogP contribution in [0.3, 0.4) is 0 Å². The van der Waals surface area contributed by atoms with E-state index < -0.39 is 134 Å². The Morgan fingerprint density at radius 3 is 0.822 bits per heavy atom. The van der Waals surface area contributed by atoms with Crippen molar-refractivity contribution in [2.24, 2.45) is 5.41 Å². The lowest BCUT2D eigenvalue weighted by Crippen LogP contribution is -2.46. The number of carbonyl (C=O) groups is 9. The SMILES string of the molecule is CCC(COC(=O)CC(O)(CC(=O)O)C(=O)O)(COC(=O)CC(O)(CC(=O)O)C(=O)O)COC(=O)CC(O)(CC(=O)O)C(=O)O. The fourth-order valence-electron chi connectivity index (χ4n) is 3.39. The van der Waals surface area contributed by atoms with Gasteiger partial charge in [0.15, 0.2) is 16.8 Å². The van der Waals surface area contributed by atoms with Crippen LogP contribution in [0, 0.1) is 5.41 Å². The molecule has 3 unspecified atom stereocenters. The van der Waals surface area contributed by atoms with E-state index in [0.717, 1.165) is 0 Å². The molecule has 0 rings (SSSR count). The number of aliphatic hydroxyl groups is 3. The maximum absolute atomic E-state index is 12.4. The van der Waals surface area contributed by atoms with Crippen LogP contribution >= 0.6 is 0 Å². The van der Waals surface area contributed by atoms with Crippen molar-refractivity contribution < 1.29 is 103 Å². The van der Waals surface area contributed by atoms with E-state index in [1.807, 2.05) is 0 Å². The van der Waals surface area contributed by atoms with Crippen LogP contribution in [0.5, 0.6) is 0 Å². The zero-order valence-corrected chi connectivity index (χ0v) is 23.5. The summed E-state index contributed by atoms with van der Waals surface area (Å²) in [5, 5.41) is 84.1. The van der Waals surface area contributed by atoms with Gasteiger partial charge in [0, 0.05) is 0 Å². The molecule has 45 heavy (non-hydrogen) atoms. The summed E-state index contributed by atoms with van der Waals surface area (Å²) in [5.41, 5.74) is -11.3. The lowest BCUT2D eigenvalue weighted by atomic mass is 9.87. The zero-order chi connectivity index (χ0) is 35.4. The molecule has 21 heteroatoms. The summed E-state index contributed by atoms with van der Waals surface area (Å²) in [6.45, 7) is -1.60. The Hall–Kier alpha value is -4.89. The first-order chi connectivity index (χ1) is 20.4. The standard InChI is InChI=1S/C24H32O21/c1-2-21(9-43-15(31)6-22(40,18(34)35)3-12(25)26,10-44-16(32)7-23(41,19(36)37)4-13(27)28)11-45-17(33)8-24(42,20(38)39)5-14(29)30/h40-42H,2-11H2,1H3,(H,25,26)(H,27,28)(H,29,30)(H,34,35)(H,36,37)(H,38,39). The molecule has 0 saturated carbocycles. The molecule has 0 amide bonds. The Bertz CT molecular complexity index is 1050. The maximum Gasteiger partial charge on any atom is 0.336 e. The molecular weight excluding hydrogens is 624 g/mol. The van der Waals surface area contributed by atoms with Crippen LogP contribution < -0.4 is 0 Å². The van der Waals surface area contributed by atoms with Crippen LogP contribution in [0.2, 0.25) is 0 Å². The number of hydrogen-bond acceptors (Lipinski definition) is 15. The minimum absolute atomic E-state index is 0.296. The van der Waals surface area contributed by atoms with Gasteiger partial charge in [0.05, 0.1) is 43.9 Å². The van der Waals surface area contributed by atoms with Crippen molar-refractivity contribution in [2.45, 2.75) is 68.7 Å². The first-order valence-corrected chi connectivity index (χ1v) is 12.4. The molecular formula is C24H32O21. The summed E-state index contributed by atoms with van der Waals surface area (Å²) in [6, 6.07) is 0. The third-order valence-corrected chi connectivity index (χ3v) is 6.20. The van der Waals surface area contributed by atoms with Crippen LogP contribution in [0.25, 0.3) is 0 Å². The molecule has 0 aliphatic carbocycles. The monoisotopic (exact) mass is 656 g/mol. The highest BCUT2D eigenvalue weighted by Gasteiger charge is 2.45. The molecule has 9 N–H and O–H groups in total. The lowest BCUT2D eigenvalue weighted by Gasteiger charge is -2.32. The quantitative estimate of drug-likeness (QED) is 0.0415. The van der Waals surface area contributed by atoms with Crippen LogP contribution in [-0.2, 0) is 57.4 Å². The number of ether oxygens (including phenoxy) is 3. The van der Waals surface area contributed by atoms with E-state index in [0.29, 0.717) is 0 Å². The highest BCUT2D eigenvalue weighted by molar-refractivity contribution is 5.90. The number of aliphatic carboxylic acids is 6. The molecule has 0 saturated heterocycles. The normalized spacial score (nSPS) is 16.3. The number of esters is 3. The van der Waals surface area contributed by atoms with E-state index in [9.17, 15) is 58.5 Å². The number of carboxylic acids is 6. The van der Waals surface area contributed by atoms with Gasteiger partial charge in [-0.3, -0.25) is 28.8 Å². The smallest absolute Gasteiger partial charge is 0.336 e. The van der Waals surface area contributed by atoms with E-state index in [2.05, 4.69) is 0 Å². The fourth-order valence-corrected chi connectivity index (χ4v) is 3.39. The largest absolute Gasteiger partial charge is 0.481 e. The van der Waals surface area contributed by atoms with Gasteiger partial charge in [-0.05, 0) is 6.42 Å². The van der Waals surface area contributed by atoms with E-state index in [1.165, 1.54) is 6.92 Å². The van der Waals surface area contributed by atoms with Crippen molar-refractivity contribution in [2.75, 3.05) is 19.8 Å². The van der Waals surface area contributed by atoms with E-state index in [1.54, 1.807) is 0 Å². The van der Waals surface area contributed by atoms with Gasteiger partial charge in [-0.15, -0.1) is 0 Å². The Morgan fingerprint density at radius 1 is 0.444 bits per heavy atom. The highest BCUT2D eigenvalue weighted by Crippen LogP contribution is 2.28. The topological polar surface area (TPSA) is 363 Å². The fraction of sp³-hybridized carbons (Fsp3) is 0.625. The third-order valence-electron chi connectivity index (χ3n) is 6.20. The van der Waals surface area contributed by atoms with Crippen molar-refractivity contribution in [3.05, 3.63) is 0 Å². The molecule has 0 spiro atoms. The van der Waals surface area contributed by atoms with Crippen molar-refractivity contribution >= 4 is 53.7 Å². The first kappa shape index (κ1) is 40.1. The van der Waals surface area contributed by atoms with Crippen molar-refractivity contribution in [1.29, 1.82) is 0 Å². The maximum atomic E-state index is 12.4. The van der Waals surface area contributed by atoms with Crippen LogP contribution in [0.1, 0.15) is 51.9 Å². The molecule has 0 fully saturated rings. The molecule has 21 nitrogen and oxygen atoms in total. The Labute approximate surface area is 251 Å². The van der Waals surface area contributed by atoms with Crippen LogP contribution in [0.15, 0.2) is 0 Å². The molecule has 0 heterocycles. The predicted octanol–water partition coefficient (Wildman–Crippen LogP) is -2.95. The van der Waals surface area contributed by atoms with Gasteiger partial charge in [-0.2, -0.15) is 0 Å². The van der Waals surface area contributed by atoms with Crippen LogP contribution in [0.4, 0.5) is 0 Å².